The van der Waals surface area contributed by atoms with Crippen LogP contribution < -0.4 is 16.2 Å². The van der Waals surface area contributed by atoms with E-state index in [-0.39, 0.29) is 23.9 Å². The van der Waals surface area contributed by atoms with E-state index in [1.165, 1.54) is 0 Å². The highest BCUT2D eigenvalue weighted by molar-refractivity contribution is 5.94. The first-order chi connectivity index (χ1) is 13.6. The summed E-state index contributed by atoms with van der Waals surface area (Å²) in [5.41, 5.74) is 1.59. The summed E-state index contributed by atoms with van der Waals surface area (Å²) in [6.07, 6.45) is 2.08. The van der Waals surface area contributed by atoms with Gasteiger partial charge in [-0.15, -0.1) is 5.10 Å². The van der Waals surface area contributed by atoms with Gasteiger partial charge in [-0.3, -0.25) is 14.4 Å². The van der Waals surface area contributed by atoms with Crippen LogP contribution in [0, 0.1) is 0 Å². The molecule has 0 atom stereocenters. The Hall–Kier alpha value is -3.55. The van der Waals surface area contributed by atoms with Crippen LogP contribution in [0.5, 0.6) is 0 Å². The summed E-state index contributed by atoms with van der Waals surface area (Å²) >= 11 is 0. The van der Waals surface area contributed by atoms with Crippen molar-refractivity contribution >= 4 is 22.7 Å². The first-order valence-electron chi connectivity index (χ1n) is 9.09. The van der Waals surface area contributed by atoms with Gasteiger partial charge < -0.3 is 10.6 Å². The Morgan fingerprint density at radius 2 is 1.82 bits per heavy atom. The van der Waals surface area contributed by atoms with Crippen LogP contribution in [0.25, 0.3) is 10.9 Å². The summed E-state index contributed by atoms with van der Waals surface area (Å²) in [5, 5.41) is 13.9. The van der Waals surface area contributed by atoms with Crippen molar-refractivity contribution in [2.45, 2.75) is 32.0 Å². The third kappa shape index (κ3) is 4.06. The highest BCUT2D eigenvalue weighted by atomic mass is 16.2. The molecule has 0 radical (unpaired) electrons. The van der Waals surface area contributed by atoms with Gasteiger partial charge in [0.25, 0.3) is 11.5 Å². The monoisotopic (exact) mass is 377 g/mol. The van der Waals surface area contributed by atoms with Gasteiger partial charge in [0.15, 0.2) is 0 Å². The quantitative estimate of drug-likeness (QED) is 0.667. The zero-order valence-electron chi connectivity index (χ0n) is 15.1. The Balaban J connectivity index is 1.35. The van der Waals surface area contributed by atoms with Gasteiger partial charge in [0.05, 0.1) is 5.39 Å². The summed E-state index contributed by atoms with van der Waals surface area (Å²) < 4.78 is 1.04. The van der Waals surface area contributed by atoms with Gasteiger partial charge in [0.1, 0.15) is 12.1 Å². The van der Waals surface area contributed by atoms with E-state index >= 15 is 0 Å². The smallest absolute Gasteiger partial charge is 0.278 e. The molecule has 1 saturated carbocycles. The molecular formula is C20H19N5O3. The molecule has 3 aromatic rings. The second-order valence-corrected chi connectivity index (χ2v) is 6.79. The summed E-state index contributed by atoms with van der Waals surface area (Å²) in [4.78, 5) is 36.5. The molecular weight excluding hydrogens is 358 g/mol. The van der Waals surface area contributed by atoms with E-state index < -0.39 is 0 Å². The summed E-state index contributed by atoms with van der Waals surface area (Å²) in [6, 6.07) is 14.2. The minimum absolute atomic E-state index is 0.0765. The number of rotatable bonds is 6. The third-order valence-electron chi connectivity index (χ3n) is 4.54. The summed E-state index contributed by atoms with van der Waals surface area (Å²) in [5.74, 6) is -0.422. The summed E-state index contributed by atoms with van der Waals surface area (Å²) in [7, 11) is 0. The normalized spacial score (nSPS) is 13.3. The van der Waals surface area contributed by atoms with Crippen molar-refractivity contribution in [2.75, 3.05) is 0 Å². The van der Waals surface area contributed by atoms with Gasteiger partial charge >= 0.3 is 0 Å². The van der Waals surface area contributed by atoms with Crippen LogP contribution in [-0.4, -0.2) is 32.9 Å². The molecule has 142 valence electrons. The molecule has 8 nitrogen and oxygen atoms in total. The molecule has 1 fully saturated rings. The molecule has 1 heterocycles. The lowest BCUT2D eigenvalue weighted by atomic mass is 10.1. The molecule has 2 amide bonds. The fraction of sp³-hybridized carbons (Fsp3) is 0.250. The molecule has 0 bridgehead atoms. The van der Waals surface area contributed by atoms with E-state index in [1.54, 1.807) is 48.5 Å². The van der Waals surface area contributed by atoms with Gasteiger partial charge in [0.2, 0.25) is 5.91 Å². The molecule has 0 saturated heterocycles. The minimum atomic E-state index is -0.355. The number of nitrogens with zero attached hydrogens (tertiary/aromatic N) is 3. The van der Waals surface area contributed by atoms with E-state index in [2.05, 4.69) is 20.9 Å². The molecule has 1 aliphatic rings. The standard InChI is InChI=1S/C20H19N5O3/c26-18(12-25-20(28)16-3-1-2-4-17(16)23-24-25)21-11-13-5-7-14(8-6-13)19(27)22-15-9-10-15/h1-8,15H,9-12H2,(H,21,26)(H,22,27). The average Bonchev–Trinajstić information content (AvgIpc) is 3.53. The van der Waals surface area contributed by atoms with E-state index in [4.69, 9.17) is 0 Å². The second-order valence-electron chi connectivity index (χ2n) is 6.79. The van der Waals surface area contributed by atoms with Crippen LogP contribution in [0.15, 0.2) is 53.3 Å². The molecule has 0 aliphatic heterocycles. The van der Waals surface area contributed by atoms with Crippen molar-refractivity contribution in [1.29, 1.82) is 0 Å². The molecule has 28 heavy (non-hydrogen) atoms. The maximum atomic E-state index is 12.4. The van der Waals surface area contributed by atoms with E-state index in [0.29, 0.717) is 29.1 Å². The lowest BCUT2D eigenvalue weighted by Crippen LogP contribution is -2.34. The van der Waals surface area contributed by atoms with E-state index in [9.17, 15) is 14.4 Å². The van der Waals surface area contributed by atoms with Crippen LogP contribution in [0.4, 0.5) is 0 Å². The van der Waals surface area contributed by atoms with Crippen molar-refractivity contribution in [3.05, 3.63) is 70.0 Å². The zero-order valence-corrected chi connectivity index (χ0v) is 15.1. The molecule has 1 aliphatic carbocycles. The lowest BCUT2D eigenvalue weighted by Gasteiger charge is -2.08. The van der Waals surface area contributed by atoms with Crippen LogP contribution >= 0.6 is 0 Å². The predicted molar refractivity (Wildman–Crippen MR) is 103 cm³/mol. The third-order valence-corrected chi connectivity index (χ3v) is 4.54. The fourth-order valence-electron chi connectivity index (χ4n) is 2.79. The average molecular weight is 377 g/mol. The van der Waals surface area contributed by atoms with Crippen LogP contribution in [0.1, 0.15) is 28.8 Å². The van der Waals surface area contributed by atoms with Gasteiger partial charge in [0, 0.05) is 18.2 Å². The van der Waals surface area contributed by atoms with Crippen molar-refractivity contribution in [1.82, 2.24) is 25.6 Å². The molecule has 0 unspecified atom stereocenters. The van der Waals surface area contributed by atoms with Gasteiger partial charge in [-0.1, -0.05) is 29.5 Å². The highest BCUT2D eigenvalue weighted by Gasteiger charge is 2.23. The number of aromatic nitrogens is 3. The zero-order chi connectivity index (χ0) is 19.5. The molecule has 8 heteroatoms. The maximum absolute atomic E-state index is 12.4. The molecule has 4 rings (SSSR count). The number of nitrogens with one attached hydrogen (secondary N) is 2. The van der Waals surface area contributed by atoms with Crippen molar-refractivity contribution < 1.29 is 9.59 Å². The highest BCUT2D eigenvalue weighted by Crippen LogP contribution is 2.19. The van der Waals surface area contributed by atoms with E-state index in [1.807, 2.05) is 0 Å². The van der Waals surface area contributed by atoms with Crippen LogP contribution in [0.2, 0.25) is 0 Å². The van der Waals surface area contributed by atoms with Crippen LogP contribution in [0.3, 0.4) is 0 Å². The molecule has 0 spiro atoms. The number of benzene rings is 2. The molecule has 2 aromatic carbocycles. The Labute approximate surface area is 160 Å². The Kier molecular flexibility index (Phi) is 4.84. The largest absolute Gasteiger partial charge is 0.350 e. The predicted octanol–water partition coefficient (Wildman–Crippen LogP) is 1.00. The molecule has 2 N–H and O–H groups in total. The van der Waals surface area contributed by atoms with Gasteiger partial charge in [-0.05, 0) is 42.7 Å². The minimum Gasteiger partial charge on any atom is -0.350 e. The first kappa shape index (κ1) is 17.8. The Morgan fingerprint density at radius 3 is 2.57 bits per heavy atom. The van der Waals surface area contributed by atoms with Crippen molar-refractivity contribution in [2.24, 2.45) is 0 Å². The number of hydrogen-bond acceptors (Lipinski definition) is 5. The SMILES string of the molecule is O=C(Cn1nnc2ccccc2c1=O)NCc1ccc(C(=O)NC2CC2)cc1. The first-order valence-corrected chi connectivity index (χ1v) is 9.09. The number of carbonyl (C=O) groups excluding carboxylic acids is 2. The van der Waals surface area contributed by atoms with Crippen molar-refractivity contribution in [3.63, 3.8) is 0 Å². The topological polar surface area (TPSA) is 106 Å². The Bertz CT molecular complexity index is 1090. The Morgan fingerprint density at radius 1 is 1.07 bits per heavy atom. The summed E-state index contributed by atoms with van der Waals surface area (Å²) in [6.45, 7) is 0.0810. The molecule has 1 aromatic heterocycles. The maximum Gasteiger partial charge on any atom is 0.278 e. The van der Waals surface area contributed by atoms with Gasteiger partial charge in [-0.25, -0.2) is 4.68 Å². The second kappa shape index (κ2) is 7.59. The number of carbonyl (C=O) groups is 2. The number of hydrogen-bond donors (Lipinski definition) is 2. The van der Waals surface area contributed by atoms with E-state index in [0.717, 1.165) is 23.1 Å². The van der Waals surface area contributed by atoms with Gasteiger partial charge in [-0.2, -0.15) is 0 Å². The van der Waals surface area contributed by atoms with Crippen LogP contribution in [-0.2, 0) is 17.9 Å². The van der Waals surface area contributed by atoms with Crippen molar-refractivity contribution in [3.8, 4) is 0 Å². The lowest BCUT2D eigenvalue weighted by molar-refractivity contribution is -0.122. The fourth-order valence-corrected chi connectivity index (χ4v) is 2.79. The number of fused-ring (bicyclic) bond motifs is 1. The number of amides is 2.